The molecule has 0 saturated heterocycles. The Morgan fingerprint density at radius 2 is 1.90 bits per heavy atom. The van der Waals surface area contributed by atoms with Gasteiger partial charge in [-0.1, -0.05) is 0 Å². The van der Waals surface area contributed by atoms with E-state index in [1.807, 2.05) is 39.1 Å². The molecule has 30 heavy (non-hydrogen) atoms. The van der Waals surface area contributed by atoms with Gasteiger partial charge < -0.3 is 14.4 Å². The van der Waals surface area contributed by atoms with E-state index in [1.165, 1.54) is 11.8 Å². The molecule has 0 aliphatic heterocycles. The van der Waals surface area contributed by atoms with Gasteiger partial charge in [-0.3, -0.25) is 14.5 Å². The average molecular weight is 410 g/mol. The van der Waals surface area contributed by atoms with Gasteiger partial charge in [0.05, 0.1) is 18.3 Å². The van der Waals surface area contributed by atoms with Crippen LogP contribution in [0.4, 0.5) is 4.79 Å². The Kier molecular flexibility index (Phi) is 6.05. The molecule has 2 heterocycles. The summed E-state index contributed by atoms with van der Waals surface area (Å²) in [5, 5.41) is 5.24. The molecule has 0 spiro atoms. The van der Waals surface area contributed by atoms with Crippen molar-refractivity contribution in [2.45, 2.75) is 39.8 Å². The van der Waals surface area contributed by atoms with Gasteiger partial charge in [0.25, 0.3) is 0 Å². The average Bonchev–Trinajstić information content (AvgIpc) is 3.12. The van der Waals surface area contributed by atoms with Gasteiger partial charge in [-0.2, -0.15) is 5.10 Å². The highest BCUT2D eigenvalue weighted by atomic mass is 16.6. The lowest BCUT2D eigenvalue weighted by Crippen LogP contribution is -2.35. The third-order valence-corrected chi connectivity index (χ3v) is 4.25. The highest BCUT2D eigenvalue weighted by Gasteiger charge is 2.19. The number of carbonyl (C=O) groups is 2. The maximum atomic E-state index is 12.1. The molecule has 2 aromatic heterocycles. The number of hydrogen-bond donors (Lipinski definition) is 0. The summed E-state index contributed by atoms with van der Waals surface area (Å²) in [6.45, 7) is 7.89. The molecule has 0 unspecified atom stereocenters. The summed E-state index contributed by atoms with van der Waals surface area (Å²) in [5.41, 5.74) is 2.08. The van der Waals surface area contributed by atoms with Gasteiger partial charge >= 0.3 is 12.1 Å². The maximum Gasteiger partial charge on any atom is 0.410 e. The fraction of sp³-hybridized carbons (Fsp3) is 0.364. The van der Waals surface area contributed by atoms with Crippen LogP contribution in [0.2, 0.25) is 0 Å². The highest BCUT2D eigenvalue weighted by molar-refractivity contribution is 5.85. The highest BCUT2D eigenvalue weighted by Crippen LogP contribution is 2.25. The Hall–Kier alpha value is -3.42. The van der Waals surface area contributed by atoms with Gasteiger partial charge in [0.1, 0.15) is 11.4 Å². The fourth-order valence-electron chi connectivity index (χ4n) is 2.82. The molecule has 0 atom stereocenters. The summed E-state index contributed by atoms with van der Waals surface area (Å²) >= 11 is 0. The predicted molar refractivity (Wildman–Crippen MR) is 113 cm³/mol. The van der Waals surface area contributed by atoms with E-state index in [1.54, 1.807) is 36.3 Å². The Balaban J connectivity index is 1.70. The lowest BCUT2D eigenvalue weighted by molar-refractivity contribution is -0.131. The minimum atomic E-state index is -0.525. The van der Waals surface area contributed by atoms with Gasteiger partial charge in [-0.25, -0.2) is 4.79 Å². The van der Waals surface area contributed by atoms with Gasteiger partial charge in [-0.15, -0.1) is 0 Å². The summed E-state index contributed by atoms with van der Waals surface area (Å²) in [6.07, 6.45) is 5.08. The quantitative estimate of drug-likeness (QED) is 0.468. The number of esters is 1. The van der Waals surface area contributed by atoms with Gasteiger partial charge in [-0.05, 0) is 45.0 Å². The maximum absolute atomic E-state index is 12.1. The zero-order valence-corrected chi connectivity index (χ0v) is 17.9. The van der Waals surface area contributed by atoms with Crippen molar-refractivity contribution in [2.75, 3.05) is 13.6 Å². The second-order valence-electron chi connectivity index (χ2n) is 8.07. The molecule has 0 aliphatic carbocycles. The lowest BCUT2D eigenvalue weighted by Gasteiger charge is -2.24. The number of pyridine rings is 1. The van der Waals surface area contributed by atoms with E-state index < -0.39 is 5.60 Å². The van der Waals surface area contributed by atoms with E-state index >= 15 is 0 Å². The van der Waals surface area contributed by atoms with Crippen LogP contribution in [0.5, 0.6) is 5.75 Å². The molecule has 0 aliphatic rings. The summed E-state index contributed by atoms with van der Waals surface area (Å²) in [4.78, 5) is 29.2. The molecule has 0 N–H and O–H groups in total. The van der Waals surface area contributed by atoms with Crippen molar-refractivity contribution in [1.82, 2.24) is 19.7 Å². The normalized spacial score (nSPS) is 11.4. The van der Waals surface area contributed by atoms with E-state index in [0.717, 1.165) is 22.0 Å². The number of fused-ring (bicyclic) bond motifs is 1. The third kappa shape index (κ3) is 5.56. The number of amides is 1. The van der Waals surface area contributed by atoms with Crippen LogP contribution >= 0.6 is 0 Å². The molecule has 0 fully saturated rings. The van der Waals surface area contributed by atoms with Crippen molar-refractivity contribution in [3.63, 3.8) is 0 Å². The number of ether oxygens (including phenoxy) is 2. The van der Waals surface area contributed by atoms with Crippen LogP contribution in [0.1, 0.15) is 27.7 Å². The first-order valence-corrected chi connectivity index (χ1v) is 9.66. The number of aromatic nitrogens is 3. The number of likely N-dealkylation sites (N-methyl/N-ethyl adjacent to an activating group) is 1. The lowest BCUT2D eigenvalue weighted by atomic mass is 10.1. The monoisotopic (exact) mass is 410 g/mol. The van der Waals surface area contributed by atoms with Gasteiger partial charge in [0, 0.05) is 49.4 Å². The van der Waals surface area contributed by atoms with Gasteiger partial charge in [0.15, 0.2) is 0 Å². The van der Waals surface area contributed by atoms with E-state index in [-0.39, 0.29) is 12.1 Å². The van der Waals surface area contributed by atoms with E-state index in [2.05, 4.69) is 10.1 Å². The second-order valence-corrected chi connectivity index (χ2v) is 8.07. The van der Waals surface area contributed by atoms with Crippen molar-refractivity contribution in [3.05, 3.63) is 42.9 Å². The number of carbonyl (C=O) groups excluding carboxylic acids is 2. The number of rotatable bonds is 5. The van der Waals surface area contributed by atoms with Crippen molar-refractivity contribution in [3.8, 4) is 16.9 Å². The topological polar surface area (TPSA) is 86.5 Å². The van der Waals surface area contributed by atoms with Crippen LogP contribution < -0.4 is 4.74 Å². The van der Waals surface area contributed by atoms with E-state index in [4.69, 9.17) is 9.47 Å². The summed E-state index contributed by atoms with van der Waals surface area (Å²) in [7, 11) is 1.70. The zero-order valence-electron chi connectivity index (χ0n) is 17.9. The molecule has 0 bridgehead atoms. The van der Waals surface area contributed by atoms with Crippen LogP contribution in [0, 0.1) is 0 Å². The molecule has 1 aromatic carbocycles. The molecular formula is C22H26N4O4. The Morgan fingerprint density at radius 1 is 1.13 bits per heavy atom. The molecule has 3 rings (SSSR count). The van der Waals surface area contributed by atoms with Crippen molar-refractivity contribution in [2.24, 2.45) is 0 Å². The summed E-state index contributed by atoms with van der Waals surface area (Å²) < 4.78 is 12.3. The molecule has 8 heteroatoms. The second kappa shape index (κ2) is 8.52. The molecule has 0 saturated carbocycles. The van der Waals surface area contributed by atoms with Crippen LogP contribution in [-0.4, -0.2) is 50.9 Å². The van der Waals surface area contributed by atoms with Crippen LogP contribution in [0.25, 0.3) is 22.0 Å². The molecular weight excluding hydrogens is 384 g/mol. The Bertz CT molecular complexity index is 1070. The first-order valence-electron chi connectivity index (χ1n) is 9.66. The minimum absolute atomic E-state index is 0.364. The van der Waals surface area contributed by atoms with E-state index in [9.17, 15) is 9.59 Å². The Labute approximate surface area is 175 Å². The number of hydrogen-bond acceptors (Lipinski definition) is 6. The van der Waals surface area contributed by atoms with Crippen molar-refractivity contribution < 1.29 is 19.1 Å². The van der Waals surface area contributed by atoms with Crippen LogP contribution in [-0.2, 0) is 16.1 Å². The largest absolute Gasteiger partial charge is 0.444 e. The van der Waals surface area contributed by atoms with Crippen LogP contribution in [0.3, 0.4) is 0 Å². The fourth-order valence-corrected chi connectivity index (χ4v) is 2.82. The molecule has 0 radical (unpaired) electrons. The smallest absolute Gasteiger partial charge is 0.410 e. The van der Waals surface area contributed by atoms with Gasteiger partial charge in [0.2, 0.25) is 0 Å². The SMILES string of the molecule is CC(=O)Oc1ccc2ncc(-c3cnn(CCN(C)C(=O)OC(C)(C)C)c3)cc2c1. The molecule has 158 valence electrons. The zero-order chi connectivity index (χ0) is 21.9. The Morgan fingerprint density at radius 3 is 2.60 bits per heavy atom. The minimum Gasteiger partial charge on any atom is -0.444 e. The number of benzene rings is 1. The van der Waals surface area contributed by atoms with Crippen LogP contribution in [0.15, 0.2) is 42.9 Å². The van der Waals surface area contributed by atoms with Crippen molar-refractivity contribution >= 4 is 23.0 Å². The standard InChI is InChI=1S/C22H26N4O4/c1-15(27)29-19-6-7-20-16(11-19)10-17(12-23-20)18-13-24-26(14-18)9-8-25(5)21(28)30-22(2,3)4/h6-7,10-14H,8-9H2,1-5H3. The first kappa shape index (κ1) is 21.3. The predicted octanol–water partition coefficient (Wildman–Crippen LogP) is 3.89. The summed E-state index contributed by atoms with van der Waals surface area (Å²) in [6, 6.07) is 7.29. The van der Waals surface area contributed by atoms with E-state index in [0.29, 0.717) is 18.8 Å². The molecule has 1 amide bonds. The molecule has 3 aromatic rings. The van der Waals surface area contributed by atoms with Crippen molar-refractivity contribution in [1.29, 1.82) is 0 Å². The third-order valence-electron chi connectivity index (χ3n) is 4.25. The summed E-state index contributed by atoms with van der Waals surface area (Å²) in [5.74, 6) is 0.117. The first-order chi connectivity index (χ1) is 14.1. The molecule has 8 nitrogen and oxygen atoms in total. The number of nitrogens with zero attached hydrogens (tertiary/aromatic N) is 4.